The molecule has 1 fully saturated rings. The minimum Gasteiger partial charge on any atom is -0.447 e. The van der Waals surface area contributed by atoms with Gasteiger partial charge in [-0.25, -0.2) is 9.78 Å². The zero-order valence-electron chi connectivity index (χ0n) is 17.4. The topological polar surface area (TPSA) is 127 Å². The Balaban J connectivity index is 1.48. The van der Waals surface area contributed by atoms with E-state index in [1.54, 1.807) is 13.8 Å². The lowest BCUT2D eigenvalue weighted by atomic mass is 10.1. The lowest BCUT2D eigenvalue weighted by Gasteiger charge is -2.22. The van der Waals surface area contributed by atoms with Crippen molar-refractivity contribution < 1.29 is 32.3 Å². The van der Waals surface area contributed by atoms with Crippen molar-refractivity contribution in [1.29, 1.82) is 0 Å². The predicted octanol–water partition coefficient (Wildman–Crippen LogP) is 3.42. The maximum Gasteiger partial charge on any atom is 0.416 e. The molecule has 4 rings (SSSR count). The van der Waals surface area contributed by atoms with Crippen molar-refractivity contribution in [3.8, 4) is 11.4 Å². The molecule has 1 saturated heterocycles. The Labute approximate surface area is 185 Å². The molecule has 1 aliphatic rings. The van der Waals surface area contributed by atoms with Crippen LogP contribution < -0.4 is 10.2 Å². The summed E-state index contributed by atoms with van der Waals surface area (Å²) in [5.41, 5.74) is -0.415. The van der Waals surface area contributed by atoms with Crippen LogP contribution in [0.3, 0.4) is 0 Å². The van der Waals surface area contributed by atoms with Crippen molar-refractivity contribution in [2.75, 3.05) is 16.8 Å². The third-order valence-corrected chi connectivity index (χ3v) is 4.98. The molecule has 0 aliphatic carbocycles. The summed E-state index contributed by atoms with van der Waals surface area (Å²) < 4.78 is 48.4. The maximum absolute atomic E-state index is 12.7. The maximum atomic E-state index is 12.7. The van der Waals surface area contributed by atoms with Gasteiger partial charge >= 0.3 is 12.3 Å². The first kappa shape index (κ1) is 22.5. The molecule has 1 aliphatic heterocycles. The van der Waals surface area contributed by atoms with Crippen LogP contribution in [-0.4, -0.2) is 50.1 Å². The van der Waals surface area contributed by atoms with Crippen molar-refractivity contribution >= 4 is 17.9 Å². The van der Waals surface area contributed by atoms with Gasteiger partial charge in [-0.2, -0.15) is 23.1 Å². The number of aliphatic hydroxyl groups is 1. The van der Waals surface area contributed by atoms with E-state index >= 15 is 0 Å². The van der Waals surface area contributed by atoms with E-state index in [9.17, 15) is 23.1 Å². The van der Waals surface area contributed by atoms with Gasteiger partial charge in [0, 0.05) is 11.8 Å². The largest absolute Gasteiger partial charge is 0.447 e. The lowest BCUT2D eigenvalue weighted by Crippen LogP contribution is -2.41. The average molecular weight is 464 g/mol. The molecule has 10 nitrogen and oxygen atoms in total. The van der Waals surface area contributed by atoms with Crippen LogP contribution in [0.25, 0.3) is 11.4 Å². The number of anilines is 2. The Morgan fingerprint density at radius 1 is 1.18 bits per heavy atom. The van der Waals surface area contributed by atoms with Crippen molar-refractivity contribution in [2.45, 2.75) is 38.2 Å². The van der Waals surface area contributed by atoms with Gasteiger partial charge < -0.3 is 19.7 Å². The smallest absolute Gasteiger partial charge is 0.416 e. The number of hydrogen-bond acceptors (Lipinski definition) is 9. The molecule has 2 unspecified atom stereocenters. The first-order valence-corrected chi connectivity index (χ1v) is 9.88. The van der Waals surface area contributed by atoms with Crippen molar-refractivity contribution in [3.05, 3.63) is 48.0 Å². The summed E-state index contributed by atoms with van der Waals surface area (Å²) in [5.74, 6) is 0.672. The highest BCUT2D eigenvalue weighted by atomic mass is 19.4. The van der Waals surface area contributed by atoms with Crippen LogP contribution in [-0.2, 0) is 10.9 Å². The third kappa shape index (κ3) is 4.72. The number of carbonyl (C=O) groups excluding carboxylic acids is 1. The van der Waals surface area contributed by atoms with E-state index in [1.807, 2.05) is 0 Å². The summed E-state index contributed by atoms with van der Waals surface area (Å²) in [6.45, 7) is 3.28. The van der Waals surface area contributed by atoms with Crippen LogP contribution in [0.4, 0.5) is 29.7 Å². The average Bonchev–Trinajstić information content (AvgIpc) is 3.41. The Bertz CT molecular complexity index is 1140. The van der Waals surface area contributed by atoms with Gasteiger partial charge in [0.2, 0.25) is 17.7 Å². The van der Waals surface area contributed by atoms with E-state index in [2.05, 4.69) is 25.4 Å². The van der Waals surface area contributed by atoms with Gasteiger partial charge in [-0.1, -0.05) is 17.3 Å². The molecule has 2 N–H and O–H groups in total. The Hall–Kier alpha value is -3.74. The fourth-order valence-corrected chi connectivity index (χ4v) is 3.20. The highest BCUT2D eigenvalue weighted by molar-refractivity contribution is 5.89. The Morgan fingerprint density at radius 2 is 1.91 bits per heavy atom. The van der Waals surface area contributed by atoms with Gasteiger partial charge in [0.1, 0.15) is 24.5 Å². The molecule has 3 aromatic rings. The number of cyclic esters (lactones) is 1. The number of amides is 1. The molecule has 1 amide bonds. The van der Waals surface area contributed by atoms with Crippen LogP contribution in [0, 0.1) is 0 Å². The standard InChI is InChI=1S/C20H19F3N6O4/c1-10(17-27-16(28-33-17)12-3-5-13(6-4-12)20(21,22)23)25-18-24-8-7-15(26-18)29-14(11(2)30)9-32-19(29)31/h3-8,10-11,14,30H,9H2,1-2H3,(H,24,25,26)/t10?,11-,14?/m1/s1. The fourth-order valence-electron chi connectivity index (χ4n) is 3.20. The van der Waals surface area contributed by atoms with Gasteiger partial charge in [0.25, 0.3) is 0 Å². The number of nitrogens with zero attached hydrogens (tertiary/aromatic N) is 5. The van der Waals surface area contributed by atoms with Crippen LogP contribution in [0.2, 0.25) is 0 Å². The molecule has 3 atom stereocenters. The number of nitrogens with one attached hydrogen (secondary N) is 1. The molecule has 2 aromatic heterocycles. The summed E-state index contributed by atoms with van der Waals surface area (Å²) in [5, 5.41) is 16.7. The number of aromatic nitrogens is 4. The normalized spacial score (nSPS) is 18.2. The van der Waals surface area contributed by atoms with Crippen LogP contribution in [0.5, 0.6) is 0 Å². The first-order chi connectivity index (χ1) is 15.6. The second kappa shape index (κ2) is 8.65. The van der Waals surface area contributed by atoms with Crippen molar-refractivity contribution in [2.24, 2.45) is 0 Å². The number of carbonyl (C=O) groups is 1. The number of rotatable bonds is 6. The van der Waals surface area contributed by atoms with E-state index in [1.165, 1.54) is 29.3 Å². The third-order valence-electron chi connectivity index (χ3n) is 4.98. The van der Waals surface area contributed by atoms with Gasteiger partial charge in [0.05, 0.1) is 11.7 Å². The molecule has 1 aromatic carbocycles. The van der Waals surface area contributed by atoms with Gasteiger partial charge in [0.15, 0.2) is 0 Å². The summed E-state index contributed by atoms with van der Waals surface area (Å²) >= 11 is 0. The Kier molecular flexibility index (Phi) is 5.89. The van der Waals surface area contributed by atoms with E-state index in [0.717, 1.165) is 12.1 Å². The number of hydrogen-bond donors (Lipinski definition) is 2. The molecule has 0 spiro atoms. The van der Waals surface area contributed by atoms with E-state index in [0.29, 0.717) is 5.56 Å². The fraction of sp³-hybridized carbons (Fsp3) is 0.350. The van der Waals surface area contributed by atoms with Gasteiger partial charge in [-0.05, 0) is 32.0 Å². The lowest BCUT2D eigenvalue weighted by molar-refractivity contribution is -0.137. The SMILES string of the molecule is CC(Nc1nccc(N2C(=O)OCC2[C@@H](C)O)n1)c1nc(-c2ccc(C(F)(F)F)cc2)no1. The van der Waals surface area contributed by atoms with Gasteiger partial charge in [-0.15, -0.1) is 0 Å². The quantitative estimate of drug-likeness (QED) is 0.564. The number of benzene rings is 1. The minimum absolute atomic E-state index is 0.0361. The monoisotopic (exact) mass is 464 g/mol. The summed E-state index contributed by atoms with van der Waals surface area (Å²) in [4.78, 5) is 25.9. The van der Waals surface area contributed by atoms with Crippen molar-refractivity contribution in [3.63, 3.8) is 0 Å². The Morgan fingerprint density at radius 3 is 2.58 bits per heavy atom. The van der Waals surface area contributed by atoms with E-state index in [-0.39, 0.29) is 30.1 Å². The predicted molar refractivity (Wildman–Crippen MR) is 108 cm³/mol. The molecular weight excluding hydrogens is 445 g/mol. The zero-order valence-corrected chi connectivity index (χ0v) is 17.4. The van der Waals surface area contributed by atoms with Crippen molar-refractivity contribution in [1.82, 2.24) is 20.1 Å². The molecule has 3 heterocycles. The van der Waals surface area contributed by atoms with E-state index in [4.69, 9.17) is 9.26 Å². The zero-order chi connectivity index (χ0) is 23.8. The van der Waals surface area contributed by atoms with Crippen LogP contribution in [0.15, 0.2) is 41.1 Å². The molecule has 0 saturated carbocycles. The molecule has 13 heteroatoms. The molecule has 0 bridgehead atoms. The summed E-state index contributed by atoms with van der Waals surface area (Å²) in [7, 11) is 0. The second-order valence-electron chi connectivity index (χ2n) is 7.39. The first-order valence-electron chi connectivity index (χ1n) is 9.88. The number of halogens is 3. The highest BCUT2D eigenvalue weighted by Crippen LogP contribution is 2.31. The van der Waals surface area contributed by atoms with Gasteiger partial charge in [-0.3, -0.25) is 4.90 Å². The number of alkyl halides is 3. The second-order valence-corrected chi connectivity index (χ2v) is 7.39. The molecule has 0 radical (unpaired) electrons. The molecule has 33 heavy (non-hydrogen) atoms. The van der Waals surface area contributed by atoms with Crippen LogP contribution >= 0.6 is 0 Å². The summed E-state index contributed by atoms with van der Waals surface area (Å²) in [6, 6.07) is 4.76. The molecule has 174 valence electrons. The molecular formula is C20H19F3N6O4. The minimum atomic E-state index is -4.44. The number of ether oxygens (including phenoxy) is 1. The highest BCUT2D eigenvalue weighted by Gasteiger charge is 2.38. The summed E-state index contributed by atoms with van der Waals surface area (Å²) in [6.07, 6.45) is -4.46. The number of aliphatic hydroxyl groups excluding tert-OH is 1. The van der Waals surface area contributed by atoms with Crippen LogP contribution in [0.1, 0.15) is 31.3 Å². The van der Waals surface area contributed by atoms with E-state index < -0.39 is 36.0 Å².